The number of benzene rings is 2. The minimum Gasteiger partial charge on any atom is -0.497 e. The van der Waals surface area contributed by atoms with Crippen LogP contribution in [0.5, 0.6) is 11.5 Å². The van der Waals surface area contributed by atoms with Gasteiger partial charge in [0.25, 0.3) is 0 Å². The minimum atomic E-state index is 0.293. The molecule has 1 N–H and O–H groups in total. The van der Waals surface area contributed by atoms with Gasteiger partial charge in [-0.15, -0.1) is 0 Å². The van der Waals surface area contributed by atoms with E-state index in [1.807, 2.05) is 30.0 Å². The minimum absolute atomic E-state index is 0.293. The molecule has 1 heterocycles. The topological polar surface area (TPSA) is 30.5 Å². The SMILES string of the molecule is COc1ccc(OC)c(NC2CSCc3ccccc32)c1. The monoisotopic (exact) mass is 301 g/mol. The van der Waals surface area contributed by atoms with E-state index in [-0.39, 0.29) is 0 Å². The number of rotatable bonds is 4. The predicted molar refractivity (Wildman–Crippen MR) is 88.5 cm³/mol. The molecule has 110 valence electrons. The van der Waals surface area contributed by atoms with E-state index in [0.29, 0.717) is 6.04 Å². The number of hydrogen-bond donors (Lipinski definition) is 1. The Balaban J connectivity index is 1.90. The van der Waals surface area contributed by atoms with E-state index in [2.05, 4.69) is 29.6 Å². The van der Waals surface area contributed by atoms with Gasteiger partial charge < -0.3 is 14.8 Å². The van der Waals surface area contributed by atoms with Crippen LogP contribution in [0.15, 0.2) is 42.5 Å². The van der Waals surface area contributed by atoms with E-state index >= 15 is 0 Å². The zero-order valence-electron chi connectivity index (χ0n) is 12.3. The van der Waals surface area contributed by atoms with Crippen molar-refractivity contribution in [3.8, 4) is 11.5 Å². The molecule has 0 saturated carbocycles. The highest BCUT2D eigenvalue weighted by Crippen LogP contribution is 2.37. The molecule has 0 aliphatic carbocycles. The van der Waals surface area contributed by atoms with Gasteiger partial charge in [-0.25, -0.2) is 0 Å². The van der Waals surface area contributed by atoms with Crippen molar-refractivity contribution in [3.63, 3.8) is 0 Å². The molecule has 1 aliphatic rings. The summed E-state index contributed by atoms with van der Waals surface area (Å²) >= 11 is 1.95. The Morgan fingerprint density at radius 1 is 1.10 bits per heavy atom. The average Bonchev–Trinajstić information content (AvgIpc) is 2.55. The molecule has 0 amide bonds. The van der Waals surface area contributed by atoms with Crippen LogP contribution in [0.1, 0.15) is 17.2 Å². The smallest absolute Gasteiger partial charge is 0.142 e. The molecule has 0 radical (unpaired) electrons. The Labute approximate surface area is 129 Å². The molecule has 0 spiro atoms. The van der Waals surface area contributed by atoms with E-state index in [1.54, 1.807) is 14.2 Å². The van der Waals surface area contributed by atoms with Crippen LogP contribution in [-0.4, -0.2) is 20.0 Å². The van der Waals surface area contributed by atoms with Gasteiger partial charge in [0.15, 0.2) is 0 Å². The van der Waals surface area contributed by atoms with Crippen LogP contribution in [0.4, 0.5) is 5.69 Å². The van der Waals surface area contributed by atoms with Gasteiger partial charge in [-0.05, 0) is 23.3 Å². The fraction of sp³-hybridized carbons (Fsp3) is 0.294. The molecular weight excluding hydrogens is 282 g/mol. The highest BCUT2D eigenvalue weighted by atomic mass is 32.2. The molecule has 2 aromatic rings. The Morgan fingerprint density at radius 2 is 1.95 bits per heavy atom. The lowest BCUT2D eigenvalue weighted by molar-refractivity contribution is 0.404. The summed E-state index contributed by atoms with van der Waals surface area (Å²) in [5.74, 6) is 3.81. The summed E-state index contributed by atoms with van der Waals surface area (Å²) in [5.41, 5.74) is 3.76. The maximum atomic E-state index is 5.45. The van der Waals surface area contributed by atoms with E-state index in [9.17, 15) is 0 Å². The normalized spacial score (nSPS) is 17.0. The molecule has 2 aromatic carbocycles. The fourth-order valence-corrected chi connectivity index (χ4v) is 3.72. The number of anilines is 1. The quantitative estimate of drug-likeness (QED) is 0.921. The summed E-state index contributed by atoms with van der Waals surface area (Å²) in [6.07, 6.45) is 0. The molecule has 1 aliphatic heterocycles. The van der Waals surface area contributed by atoms with Gasteiger partial charge in [-0.3, -0.25) is 0 Å². The van der Waals surface area contributed by atoms with Gasteiger partial charge >= 0.3 is 0 Å². The van der Waals surface area contributed by atoms with E-state index in [4.69, 9.17) is 9.47 Å². The van der Waals surface area contributed by atoms with Gasteiger partial charge in [0.2, 0.25) is 0 Å². The number of fused-ring (bicyclic) bond motifs is 1. The first-order valence-electron chi connectivity index (χ1n) is 6.96. The van der Waals surface area contributed by atoms with Gasteiger partial charge in [-0.2, -0.15) is 11.8 Å². The molecule has 3 nitrogen and oxygen atoms in total. The lowest BCUT2D eigenvalue weighted by Gasteiger charge is -2.27. The zero-order chi connectivity index (χ0) is 14.7. The maximum Gasteiger partial charge on any atom is 0.142 e. The molecule has 3 rings (SSSR count). The van der Waals surface area contributed by atoms with Crippen LogP contribution >= 0.6 is 11.8 Å². The summed E-state index contributed by atoms with van der Waals surface area (Å²) in [4.78, 5) is 0. The molecule has 21 heavy (non-hydrogen) atoms. The van der Waals surface area contributed by atoms with Crippen LogP contribution in [0.3, 0.4) is 0 Å². The molecule has 0 fully saturated rings. The fourth-order valence-electron chi connectivity index (χ4n) is 2.62. The Bertz CT molecular complexity index is 630. The number of nitrogens with one attached hydrogen (secondary N) is 1. The van der Waals surface area contributed by atoms with Crippen molar-refractivity contribution in [2.24, 2.45) is 0 Å². The van der Waals surface area contributed by atoms with Crippen molar-refractivity contribution >= 4 is 17.4 Å². The number of thioether (sulfide) groups is 1. The first-order chi connectivity index (χ1) is 10.3. The van der Waals surface area contributed by atoms with Crippen molar-refractivity contribution in [2.75, 3.05) is 25.3 Å². The van der Waals surface area contributed by atoms with Crippen LogP contribution in [0.2, 0.25) is 0 Å². The number of methoxy groups -OCH3 is 2. The first kappa shape index (κ1) is 14.1. The molecule has 4 heteroatoms. The van der Waals surface area contributed by atoms with Gasteiger partial charge in [-0.1, -0.05) is 24.3 Å². The summed E-state index contributed by atoms with van der Waals surface area (Å²) in [6, 6.07) is 14.7. The molecule has 0 aromatic heterocycles. The summed E-state index contributed by atoms with van der Waals surface area (Å²) in [6.45, 7) is 0. The molecule has 0 saturated heterocycles. The molecule has 0 bridgehead atoms. The van der Waals surface area contributed by atoms with Crippen LogP contribution in [0.25, 0.3) is 0 Å². The van der Waals surface area contributed by atoms with Crippen molar-refractivity contribution < 1.29 is 9.47 Å². The van der Waals surface area contributed by atoms with Gasteiger partial charge in [0.05, 0.1) is 25.9 Å². The first-order valence-corrected chi connectivity index (χ1v) is 8.11. The standard InChI is InChI=1S/C17H19NO2S/c1-19-13-7-8-17(20-2)15(9-13)18-16-11-21-10-12-5-3-4-6-14(12)16/h3-9,16,18H,10-11H2,1-2H3. The highest BCUT2D eigenvalue weighted by Gasteiger charge is 2.21. The largest absolute Gasteiger partial charge is 0.497 e. The summed E-state index contributed by atoms with van der Waals surface area (Å²) < 4.78 is 10.8. The van der Waals surface area contributed by atoms with Gasteiger partial charge in [0, 0.05) is 17.6 Å². The second-order valence-electron chi connectivity index (χ2n) is 4.98. The Morgan fingerprint density at radius 3 is 2.76 bits per heavy atom. The highest BCUT2D eigenvalue weighted by molar-refractivity contribution is 7.98. The van der Waals surface area contributed by atoms with Gasteiger partial charge in [0.1, 0.15) is 11.5 Å². The van der Waals surface area contributed by atoms with Crippen molar-refractivity contribution in [1.82, 2.24) is 0 Å². The third kappa shape index (κ3) is 2.95. The zero-order valence-corrected chi connectivity index (χ0v) is 13.1. The molecule has 1 atom stereocenters. The van der Waals surface area contributed by atoms with E-state index in [1.165, 1.54) is 11.1 Å². The molecule has 1 unspecified atom stereocenters. The Hall–Kier alpha value is -1.81. The number of hydrogen-bond acceptors (Lipinski definition) is 4. The van der Waals surface area contributed by atoms with Crippen LogP contribution in [-0.2, 0) is 5.75 Å². The third-order valence-corrected chi connectivity index (χ3v) is 4.79. The van der Waals surface area contributed by atoms with Crippen LogP contribution < -0.4 is 14.8 Å². The molecular formula is C17H19NO2S. The lowest BCUT2D eigenvalue weighted by atomic mass is 10.0. The lowest BCUT2D eigenvalue weighted by Crippen LogP contribution is -2.19. The predicted octanol–water partition coefficient (Wildman–Crippen LogP) is 4.10. The van der Waals surface area contributed by atoms with Crippen molar-refractivity contribution in [3.05, 3.63) is 53.6 Å². The van der Waals surface area contributed by atoms with E-state index in [0.717, 1.165) is 28.7 Å². The Kier molecular flexibility index (Phi) is 4.25. The van der Waals surface area contributed by atoms with E-state index < -0.39 is 0 Å². The average molecular weight is 301 g/mol. The van der Waals surface area contributed by atoms with Crippen molar-refractivity contribution in [2.45, 2.75) is 11.8 Å². The summed E-state index contributed by atoms with van der Waals surface area (Å²) in [7, 11) is 3.37. The van der Waals surface area contributed by atoms with Crippen molar-refractivity contribution in [1.29, 1.82) is 0 Å². The number of ether oxygens (including phenoxy) is 2. The second-order valence-corrected chi connectivity index (χ2v) is 6.01. The summed E-state index contributed by atoms with van der Waals surface area (Å²) in [5, 5.41) is 3.61. The maximum absolute atomic E-state index is 5.45. The second kappa shape index (κ2) is 6.31. The van der Waals surface area contributed by atoms with Crippen LogP contribution in [0, 0.1) is 0 Å². The third-order valence-electron chi connectivity index (χ3n) is 3.71.